The van der Waals surface area contributed by atoms with Gasteiger partial charge in [-0.05, 0) is 12.0 Å². The van der Waals surface area contributed by atoms with Crippen LogP contribution in [0.3, 0.4) is 0 Å². The second-order valence-electron chi connectivity index (χ2n) is 6.14. The van der Waals surface area contributed by atoms with Crippen LogP contribution in [0.2, 0.25) is 0 Å². The maximum atomic E-state index is 12.4. The highest BCUT2D eigenvalue weighted by Gasteiger charge is 2.57. The lowest BCUT2D eigenvalue weighted by Crippen LogP contribution is -2.47. The first-order chi connectivity index (χ1) is 11.5. The number of likely N-dealkylation sites (N-methyl/N-ethyl adjacent to an activating group) is 1. The monoisotopic (exact) mass is 348 g/mol. The second kappa shape index (κ2) is 6.47. The summed E-state index contributed by atoms with van der Waals surface area (Å²) in [6.07, 6.45) is 1.10. The second-order valence-corrected chi connectivity index (χ2v) is 7.43. The number of ether oxygens (including phenoxy) is 1. The number of hydrogen-bond donors (Lipinski definition) is 0. The van der Waals surface area contributed by atoms with Gasteiger partial charge in [-0.3, -0.25) is 9.59 Å². The molecule has 0 radical (unpaired) electrons. The number of nitrogens with zero attached hydrogens (tertiary/aromatic N) is 2. The van der Waals surface area contributed by atoms with Gasteiger partial charge in [0.25, 0.3) is 5.91 Å². The van der Waals surface area contributed by atoms with Gasteiger partial charge < -0.3 is 14.5 Å². The fourth-order valence-corrected chi connectivity index (χ4v) is 4.81. The van der Waals surface area contributed by atoms with Crippen LogP contribution in [0, 0.1) is 0 Å². The summed E-state index contributed by atoms with van der Waals surface area (Å²) in [6.45, 7) is -0.298. The molecule has 0 N–H and O–H groups in total. The highest BCUT2D eigenvalue weighted by Crippen LogP contribution is 2.54. The van der Waals surface area contributed by atoms with Crippen molar-refractivity contribution in [1.29, 1.82) is 0 Å². The summed E-state index contributed by atoms with van der Waals surface area (Å²) in [5.41, 5.74) is 1.03. The summed E-state index contributed by atoms with van der Waals surface area (Å²) in [5, 5.41) is 0. The van der Waals surface area contributed by atoms with E-state index < -0.39 is 16.9 Å². The van der Waals surface area contributed by atoms with Gasteiger partial charge in [0, 0.05) is 26.3 Å². The molecule has 0 bridgehead atoms. The zero-order valence-corrected chi connectivity index (χ0v) is 14.5. The summed E-state index contributed by atoms with van der Waals surface area (Å²) in [6, 6.07) is 9.14. The summed E-state index contributed by atoms with van der Waals surface area (Å²) in [5.74, 6) is -0.345. The van der Waals surface area contributed by atoms with Crippen molar-refractivity contribution in [3.8, 4) is 0 Å². The first-order valence-corrected chi connectivity index (χ1v) is 8.83. The largest absolute Gasteiger partial charge is 0.454 e. The van der Waals surface area contributed by atoms with Crippen molar-refractivity contribution in [1.82, 2.24) is 9.80 Å². The number of carbonyl (C=O) groups excluding carboxylic acids is 3. The number of thioether (sulfide) groups is 1. The van der Waals surface area contributed by atoms with Crippen LogP contribution in [0.25, 0.3) is 0 Å². The van der Waals surface area contributed by atoms with Crippen LogP contribution in [-0.2, 0) is 24.0 Å². The number of esters is 1. The molecular weight excluding hydrogens is 328 g/mol. The molecule has 1 aromatic carbocycles. The molecule has 2 heterocycles. The third-order valence-corrected chi connectivity index (χ3v) is 6.06. The van der Waals surface area contributed by atoms with E-state index in [1.165, 1.54) is 4.90 Å². The Labute approximate surface area is 145 Å². The van der Waals surface area contributed by atoms with Gasteiger partial charge in [-0.25, -0.2) is 4.79 Å². The summed E-state index contributed by atoms with van der Waals surface area (Å²) >= 11 is 1.60. The van der Waals surface area contributed by atoms with E-state index in [0.717, 1.165) is 5.56 Å². The molecule has 2 atom stereocenters. The van der Waals surface area contributed by atoms with Crippen LogP contribution in [0.5, 0.6) is 0 Å². The van der Waals surface area contributed by atoms with Gasteiger partial charge in [0.1, 0.15) is 10.9 Å². The Morgan fingerprint density at radius 1 is 1.33 bits per heavy atom. The molecule has 2 saturated heterocycles. The fourth-order valence-electron chi connectivity index (χ4n) is 3.17. The lowest BCUT2D eigenvalue weighted by molar-refractivity contribution is -0.158. The molecule has 0 aliphatic carbocycles. The first kappa shape index (κ1) is 16.8. The van der Waals surface area contributed by atoms with E-state index in [9.17, 15) is 14.4 Å². The van der Waals surface area contributed by atoms with Gasteiger partial charge in [-0.2, -0.15) is 0 Å². The van der Waals surface area contributed by atoms with Crippen molar-refractivity contribution >= 4 is 29.5 Å². The third kappa shape index (κ3) is 2.77. The van der Waals surface area contributed by atoms with Crippen molar-refractivity contribution < 1.29 is 19.1 Å². The predicted molar refractivity (Wildman–Crippen MR) is 90.1 cm³/mol. The minimum Gasteiger partial charge on any atom is -0.454 e. The third-order valence-electron chi connectivity index (χ3n) is 4.46. The van der Waals surface area contributed by atoms with Crippen LogP contribution in [-0.4, -0.2) is 60.1 Å². The molecular formula is C17H20N2O4S. The van der Waals surface area contributed by atoms with Crippen LogP contribution < -0.4 is 0 Å². The minimum absolute atomic E-state index is 0.0373. The van der Waals surface area contributed by atoms with Gasteiger partial charge >= 0.3 is 5.97 Å². The molecule has 0 unspecified atom stereocenters. The summed E-state index contributed by atoms with van der Waals surface area (Å²) in [4.78, 5) is 39.0. The Balaban J connectivity index is 1.79. The highest BCUT2D eigenvalue weighted by atomic mass is 32.2. The van der Waals surface area contributed by atoms with Crippen LogP contribution in [0.4, 0.5) is 0 Å². The SMILES string of the molecule is CN(C)C(=O)COC(=O)[C@@H]1CS[C@@]2(c3ccccc3)CCC(=O)N12. The molecule has 2 aliphatic heterocycles. The molecule has 3 rings (SSSR count). The van der Waals surface area contributed by atoms with E-state index >= 15 is 0 Å². The number of carbonyl (C=O) groups is 3. The summed E-state index contributed by atoms with van der Waals surface area (Å²) < 4.78 is 5.15. The molecule has 0 aromatic heterocycles. The quantitative estimate of drug-likeness (QED) is 0.765. The maximum Gasteiger partial charge on any atom is 0.330 e. The molecule has 2 amide bonds. The molecule has 2 aliphatic rings. The highest BCUT2D eigenvalue weighted by molar-refractivity contribution is 8.00. The number of benzene rings is 1. The van der Waals surface area contributed by atoms with E-state index in [0.29, 0.717) is 18.6 Å². The minimum atomic E-state index is -0.639. The van der Waals surface area contributed by atoms with Crippen molar-refractivity contribution in [2.75, 3.05) is 26.5 Å². The zero-order valence-electron chi connectivity index (χ0n) is 13.7. The maximum absolute atomic E-state index is 12.4. The molecule has 2 fully saturated rings. The van der Waals surface area contributed by atoms with E-state index in [2.05, 4.69) is 0 Å². The average molecular weight is 348 g/mol. The van der Waals surface area contributed by atoms with E-state index in [1.54, 1.807) is 30.8 Å². The smallest absolute Gasteiger partial charge is 0.330 e. The van der Waals surface area contributed by atoms with Gasteiger partial charge in [0.2, 0.25) is 5.91 Å². The molecule has 24 heavy (non-hydrogen) atoms. The number of hydrogen-bond acceptors (Lipinski definition) is 5. The lowest BCUT2D eigenvalue weighted by Gasteiger charge is -2.33. The summed E-state index contributed by atoms with van der Waals surface area (Å²) in [7, 11) is 3.21. The molecule has 0 spiro atoms. The predicted octanol–water partition coefficient (Wildman–Crippen LogP) is 1.21. The van der Waals surface area contributed by atoms with E-state index in [4.69, 9.17) is 4.74 Å². The van der Waals surface area contributed by atoms with Gasteiger partial charge in [-0.15, -0.1) is 11.8 Å². The Morgan fingerprint density at radius 2 is 2.04 bits per heavy atom. The van der Waals surface area contributed by atoms with E-state index in [1.807, 2.05) is 30.3 Å². The van der Waals surface area contributed by atoms with Crippen LogP contribution >= 0.6 is 11.8 Å². The topological polar surface area (TPSA) is 66.9 Å². The van der Waals surface area contributed by atoms with Gasteiger partial charge in [0.15, 0.2) is 6.61 Å². The van der Waals surface area contributed by atoms with E-state index in [-0.39, 0.29) is 18.4 Å². The zero-order chi connectivity index (χ0) is 17.3. The lowest BCUT2D eigenvalue weighted by atomic mass is 10.0. The van der Waals surface area contributed by atoms with Gasteiger partial charge in [0.05, 0.1) is 0 Å². The first-order valence-electron chi connectivity index (χ1n) is 7.84. The molecule has 0 saturated carbocycles. The Kier molecular flexibility index (Phi) is 4.54. The standard InChI is InChI=1S/C17H20N2O4S/c1-18(2)15(21)10-23-16(22)13-11-24-17(9-8-14(20)19(13)17)12-6-4-3-5-7-12/h3-7,13H,8-11H2,1-2H3/t13-,17+/m0/s1. The molecule has 128 valence electrons. The molecule has 1 aromatic rings. The number of fused-ring (bicyclic) bond motifs is 1. The Bertz CT molecular complexity index is 664. The van der Waals surface area contributed by atoms with Gasteiger partial charge in [-0.1, -0.05) is 30.3 Å². The van der Waals surface area contributed by atoms with Crippen molar-refractivity contribution in [2.24, 2.45) is 0 Å². The molecule has 7 heteroatoms. The van der Waals surface area contributed by atoms with Crippen LogP contribution in [0.15, 0.2) is 30.3 Å². The average Bonchev–Trinajstić information content (AvgIpc) is 3.12. The Morgan fingerprint density at radius 3 is 2.71 bits per heavy atom. The number of amides is 2. The fraction of sp³-hybridized carbons (Fsp3) is 0.471. The molecule has 6 nitrogen and oxygen atoms in total. The van der Waals surface area contributed by atoms with Crippen LogP contribution in [0.1, 0.15) is 18.4 Å². The van der Waals surface area contributed by atoms with Crippen molar-refractivity contribution in [2.45, 2.75) is 23.8 Å². The normalized spacial score (nSPS) is 25.5. The van der Waals surface area contributed by atoms with Crippen molar-refractivity contribution in [3.05, 3.63) is 35.9 Å². The Hall–Kier alpha value is -2.02. The number of rotatable bonds is 4. The van der Waals surface area contributed by atoms with Crippen molar-refractivity contribution in [3.63, 3.8) is 0 Å².